The second kappa shape index (κ2) is 10.2. The third kappa shape index (κ3) is 6.36. The third-order valence-electron chi connectivity index (χ3n) is 6.31. The molecule has 1 aliphatic rings. The molecule has 0 amide bonds. The van der Waals surface area contributed by atoms with E-state index in [1.54, 1.807) is 0 Å². The molecule has 1 unspecified atom stereocenters. The van der Waals surface area contributed by atoms with Crippen molar-refractivity contribution >= 4 is 5.70 Å². The highest BCUT2D eigenvalue weighted by Crippen LogP contribution is 2.46. The molecular weight excluding hydrogens is 402 g/mol. The maximum Gasteiger partial charge on any atom is 0.419 e. The van der Waals surface area contributed by atoms with E-state index in [1.807, 2.05) is 13.8 Å². The van der Waals surface area contributed by atoms with Crippen LogP contribution in [-0.2, 0) is 6.18 Å². The minimum atomic E-state index is -4.73. The van der Waals surface area contributed by atoms with Gasteiger partial charge in [0, 0.05) is 22.4 Å². The number of nitrogens with one attached hydrogen (secondary N) is 1. The van der Waals surface area contributed by atoms with Gasteiger partial charge in [0.1, 0.15) is 5.82 Å². The van der Waals surface area contributed by atoms with Crippen molar-refractivity contribution in [2.45, 2.75) is 92.7 Å². The smallest absolute Gasteiger partial charge is 0.358 e. The van der Waals surface area contributed by atoms with Gasteiger partial charge in [0.05, 0.1) is 5.56 Å². The van der Waals surface area contributed by atoms with Crippen molar-refractivity contribution in [3.05, 3.63) is 52.0 Å². The number of allylic oxidation sites excluding steroid dienone is 3. The summed E-state index contributed by atoms with van der Waals surface area (Å²) in [6.07, 6.45) is 1.94. The normalized spacial score (nSPS) is 16.8. The molecule has 174 valence electrons. The zero-order valence-corrected chi connectivity index (χ0v) is 19.8. The van der Waals surface area contributed by atoms with Crippen molar-refractivity contribution in [2.24, 2.45) is 11.3 Å². The van der Waals surface area contributed by atoms with Gasteiger partial charge >= 0.3 is 6.18 Å². The Balaban J connectivity index is 2.55. The first kappa shape index (κ1) is 25.5. The summed E-state index contributed by atoms with van der Waals surface area (Å²) in [7, 11) is 0. The molecule has 0 spiro atoms. The van der Waals surface area contributed by atoms with Crippen LogP contribution < -0.4 is 5.32 Å². The van der Waals surface area contributed by atoms with Crippen LogP contribution in [0.1, 0.15) is 97.6 Å². The molecule has 1 saturated carbocycles. The van der Waals surface area contributed by atoms with E-state index in [0.717, 1.165) is 55.9 Å². The van der Waals surface area contributed by atoms with Crippen LogP contribution in [0.2, 0.25) is 0 Å². The van der Waals surface area contributed by atoms with Gasteiger partial charge in [0.25, 0.3) is 0 Å². The summed E-state index contributed by atoms with van der Waals surface area (Å²) in [5.41, 5.74) is 2.40. The maximum absolute atomic E-state index is 15.1. The zero-order valence-electron chi connectivity index (χ0n) is 19.8. The second-order valence-corrected chi connectivity index (χ2v) is 9.52. The lowest BCUT2D eigenvalue weighted by Gasteiger charge is -2.35. The fraction of sp³-hybridized carbons (Fsp3) is 0.615. The largest absolute Gasteiger partial charge is 0.419 e. The lowest BCUT2D eigenvalue weighted by molar-refractivity contribution is -0.140. The number of halogens is 4. The minimum Gasteiger partial charge on any atom is -0.358 e. The number of rotatable bonds is 10. The SMILES string of the molecule is CCCC(C)(CCC(C)C)C(N/C(=C(\C)CC)c1cccc(C(F)(F)F)c1F)=C1CC1. The van der Waals surface area contributed by atoms with Crippen LogP contribution in [0.5, 0.6) is 0 Å². The second-order valence-electron chi connectivity index (χ2n) is 9.52. The fourth-order valence-electron chi connectivity index (χ4n) is 4.16. The highest BCUT2D eigenvalue weighted by atomic mass is 19.4. The quantitative estimate of drug-likeness (QED) is 0.359. The van der Waals surface area contributed by atoms with E-state index in [-0.39, 0.29) is 11.0 Å². The molecule has 1 fully saturated rings. The Labute approximate surface area is 185 Å². The Morgan fingerprint density at radius 2 is 1.74 bits per heavy atom. The van der Waals surface area contributed by atoms with Gasteiger partial charge < -0.3 is 5.32 Å². The fourth-order valence-corrected chi connectivity index (χ4v) is 4.16. The monoisotopic (exact) mass is 439 g/mol. The summed E-state index contributed by atoms with van der Waals surface area (Å²) >= 11 is 0. The van der Waals surface area contributed by atoms with E-state index in [2.05, 4.69) is 33.0 Å². The van der Waals surface area contributed by atoms with Crippen molar-refractivity contribution in [3.63, 3.8) is 0 Å². The van der Waals surface area contributed by atoms with E-state index in [9.17, 15) is 13.2 Å². The Hall–Kier alpha value is -1.78. The van der Waals surface area contributed by atoms with Crippen LogP contribution in [-0.4, -0.2) is 0 Å². The minimum absolute atomic E-state index is 0.00404. The predicted molar refractivity (Wildman–Crippen MR) is 121 cm³/mol. The van der Waals surface area contributed by atoms with Crippen molar-refractivity contribution in [1.29, 1.82) is 0 Å². The third-order valence-corrected chi connectivity index (χ3v) is 6.31. The van der Waals surface area contributed by atoms with Crippen LogP contribution in [0.4, 0.5) is 17.6 Å². The van der Waals surface area contributed by atoms with Crippen molar-refractivity contribution in [3.8, 4) is 0 Å². The van der Waals surface area contributed by atoms with Gasteiger partial charge in [0.2, 0.25) is 0 Å². The Morgan fingerprint density at radius 3 is 2.23 bits per heavy atom. The molecule has 1 aromatic rings. The highest BCUT2D eigenvalue weighted by molar-refractivity contribution is 5.70. The Kier molecular flexibility index (Phi) is 8.40. The first-order valence-electron chi connectivity index (χ1n) is 11.5. The van der Waals surface area contributed by atoms with E-state index < -0.39 is 17.6 Å². The summed E-state index contributed by atoms with van der Waals surface area (Å²) in [5.74, 6) is -0.639. The summed E-state index contributed by atoms with van der Waals surface area (Å²) in [6, 6.07) is 3.55. The van der Waals surface area contributed by atoms with E-state index in [4.69, 9.17) is 0 Å². The molecule has 0 aromatic heterocycles. The molecule has 0 radical (unpaired) electrons. The predicted octanol–water partition coefficient (Wildman–Crippen LogP) is 8.87. The molecule has 0 bridgehead atoms. The standard InChI is InChI=1S/C26H37F4N/c1-7-15-25(6,16-14-17(3)4)24(19-12-13-19)31-23(18(5)8-2)20-10-9-11-21(22(20)27)26(28,29)30/h9-11,17,31H,7-8,12-16H2,1-6H3/b23-18+. The summed E-state index contributed by atoms with van der Waals surface area (Å²) in [6.45, 7) is 12.6. The molecule has 1 aliphatic carbocycles. The molecular formula is C26H37F4N. The van der Waals surface area contributed by atoms with E-state index in [0.29, 0.717) is 18.0 Å². The molecule has 2 rings (SSSR count). The van der Waals surface area contributed by atoms with E-state index >= 15 is 4.39 Å². The van der Waals surface area contributed by atoms with Crippen molar-refractivity contribution in [2.75, 3.05) is 0 Å². The molecule has 1 N–H and O–H groups in total. The van der Waals surface area contributed by atoms with Gasteiger partial charge in [0.15, 0.2) is 0 Å². The van der Waals surface area contributed by atoms with Gasteiger partial charge in [-0.15, -0.1) is 0 Å². The summed E-state index contributed by atoms with van der Waals surface area (Å²) in [4.78, 5) is 0. The zero-order chi connectivity index (χ0) is 23.4. The first-order valence-corrected chi connectivity index (χ1v) is 11.5. The van der Waals surface area contributed by atoms with Crippen LogP contribution in [0.3, 0.4) is 0 Å². The highest BCUT2D eigenvalue weighted by Gasteiger charge is 2.37. The number of hydrogen-bond acceptors (Lipinski definition) is 1. The number of alkyl halides is 3. The van der Waals surface area contributed by atoms with Crippen LogP contribution in [0.15, 0.2) is 35.0 Å². The topological polar surface area (TPSA) is 12.0 Å². The van der Waals surface area contributed by atoms with Crippen LogP contribution in [0.25, 0.3) is 5.70 Å². The molecule has 1 aromatic carbocycles. The Morgan fingerprint density at radius 1 is 1.10 bits per heavy atom. The molecule has 0 aliphatic heterocycles. The molecule has 0 heterocycles. The van der Waals surface area contributed by atoms with Crippen molar-refractivity contribution < 1.29 is 17.6 Å². The number of hydrogen-bond donors (Lipinski definition) is 1. The molecule has 0 saturated heterocycles. The van der Waals surface area contributed by atoms with Gasteiger partial charge in [-0.3, -0.25) is 0 Å². The lowest BCUT2D eigenvalue weighted by atomic mass is 9.76. The Bertz CT molecular complexity index is 826. The van der Waals surface area contributed by atoms with Crippen LogP contribution in [0, 0.1) is 17.2 Å². The van der Waals surface area contributed by atoms with Gasteiger partial charge in [-0.05, 0) is 68.2 Å². The average molecular weight is 440 g/mol. The average Bonchev–Trinajstić information content (AvgIpc) is 3.51. The molecule has 5 heteroatoms. The molecule has 1 atom stereocenters. The summed E-state index contributed by atoms with van der Waals surface area (Å²) < 4.78 is 55.1. The molecule has 1 nitrogen and oxygen atoms in total. The maximum atomic E-state index is 15.1. The van der Waals surface area contributed by atoms with Crippen LogP contribution >= 0.6 is 0 Å². The molecule has 31 heavy (non-hydrogen) atoms. The van der Waals surface area contributed by atoms with Crippen molar-refractivity contribution in [1.82, 2.24) is 5.32 Å². The van der Waals surface area contributed by atoms with E-state index in [1.165, 1.54) is 17.7 Å². The summed E-state index contributed by atoms with van der Waals surface area (Å²) in [5, 5.41) is 3.50. The van der Waals surface area contributed by atoms with Gasteiger partial charge in [-0.1, -0.05) is 53.5 Å². The van der Waals surface area contributed by atoms with Gasteiger partial charge in [-0.2, -0.15) is 13.2 Å². The first-order chi connectivity index (χ1) is 14.4. The lowest BCUT2D eigenvalue weighted by Crippen LogP contribution is -2.30. The van der Waals surface area contributed by atoms with Gasteiger partial charge in [-0.25, -0.2) is 4.39 Å². The number of benzene rings is 1.